The molecule has 1 fully saturated rings. The first-order valence-corrected chi connectivity index (χ1v) is 13.9. The van der Waals surface area contributed by atoms with Crippen molar-refractivity contribution in [2.24, 2.45) is 0 Å². The molecule has 38 heavy (non-hydrogen) atoms. The molecule has 0 spiro atoms. The number of hydrogen-bond donors (Lipinski definition) is 1. The van der Waals surface area contributed by atoms with Gasteiger partial charge in [-0.05, 0) is 61.2 Å². The van der Waals surface area contributed by atoms with E-state index in [9.17, 15) is 9.59 Å². The fourth-order valence-electron chi connectivity index (χ4n) is 5.39. The minimum atomic E-state index is -0.00561. The third kappa shape index (κ3) is 7.37. The zero-order valence-corrected chi connectivity index (χ0v) is 23.5. The Morgan fingerprint density at radius 2 is 1.68 bits per heavy atom. The van der Waals surface area contributed by atoms with Gasteiger partial charge in [0, 0.05) is 50.6 Å². The minimum absolute atomic E-state index is 0.00561. The Bertz CT molecular complexity index is 1220. The summed E-state index contributed by atoms with van der Waals surface area (Å²) in [6.07, 6.45) is 2.62. The highest BCUT2D eigenvalue weighted by molar-refractivity contribution is 6.42. The number of carbonyl (C=O) groups excluding carboxylic acids is 2. The fourth-order valence-corrected chi connectivity index (χ4v) is 5.69. The molecular weight excluding hydrogens is 517 g/mol. The third-order valence-corrected chi connectivity index (χ3v) is 8.09. The molecule has 0 saturated carbocycles. The Morgan fingerprint density at radius 1 is 1.00 bits per heavy atom. The average molecular weight is 553 g/mol. The Hall–Kier alpha value is -2.86. The van der Waals surface area contributed by atoms with Crippen LogP contribution >= 0.6 is 23.2 Å². The largest absolute Gasteiger partial charge is 0.353 e. The number of hydrogen-bond acceptors (Lipinski definition) is 3. The number of nitrogens with one attached hydrogen (secondary N) is 1. The Morgan fingerprint density at radius 3 is 2.34 bits per heavy atom. The maximum absolute atomic E-state index is 13.1. The van der Waals surface area contributed by atoms with Crippen LogP contribution in [-0.4, -0.2) is 54.3 Å². The molecule has 1 aliphatic rings. The first-order chi connectivity index (χ1) is 18.3. The lowest BCUT2D eigenvalue weighted by molar-refractivity contribution is -0.120. The molecular formula is C31H35Cl2N3O2. The summed E-state index contributed by atoms with van der Waals surface area (Å²) >= 11 is 12.6. The second-order valence-corrected chi connectivity index (χ2v) is 10.9. The summed E-state index contributed by atoms with van der Waals surface area (Å²) < 4.78 is 0. The van der Waals surface area contributed by atoms with Gasteiger partial charge in [-0.2, -0.15) is 0 Å². The van der Waals surface area contributed by atoms with E-state index in [-0.39, 0.29) is 29.8 Å². The summed E-state index contributed by atoms with van der Waals surface area (Å²) in [5, 5.41) is 4.16. The monoisotopic (exact) mass is 551 g/mol. The van der Waals surface area contributed by atoms with Gasteiger partial charge in [-0.3, -0.25) is 14.5 Å². The van der Waals surface area contributed by atoms with Crippen molar-refractivity contribution in [2.75, 3.05) is 26.7 Å². The SMILES string of the molecule is CC(=O)NC1CCN(CCC(CN(C)C(=O)c2ccccc2)c2ccc(Cl)c(Cl)c2)C(c2ccccc2)C1. The Balaban J connectivity index is 1.53. The zero-order valence-electron chi connectivity index (χ0n) is 21.9. The van der Waals surface area contributed by atoms with Crippen molar-refractivity contribution in [3.05, 3.63) is 106 Å². The molecule has 3 unspecified atom stereocenters. The molecule has 4 rings (SSSR count). The van der Waals surface area contributed by atoms with Crippen LogP contribution in [0.2, 0.25) is 10.0 Å². The highest BCUT2D eigenvalue weighted by Gasteiger charge is 2.31. The van der Waals surface area contributed by atoms with Crippen molar-refractivity contribution in [1.29, 1.82) is 0 Å². The van der Waals surface area contributed by atoms with Crippen LogP contribution in [0.3, 0.4) is 0 Å². The number of carbonyl (C=O) groups is 2. The molecule has 1 aliphatic heterocycles. The molecule has 0 aliphatic carbocycles. The zero-order chi connectivity index (χ0) is 27.1. The number of amides is 2. The standard InChI is InChI=1S/C31H35Cl2N3O2/c1-22(37)34-27-16-18-36(30(20-27)23-9-5-3-6-10-23)17-15-26(25-13-14-28(32)29(33)19-25)21-35(2)31(38)24-11-7-4-8-12-24/h3-14,19,26-27,30H,15-18,20-21H2,1-2H3,(H,34,37). The molecule has 3 aromatic carbocycles. The third-order valence-electron chi connectivity index (χ3n) is 7.35. The van der Waals surface area contributed by atoms with Gasteiger partial charge in [-0.25, -0.2) is 0 Å². The van der Waals surface area contributed by atoms with Crippen molar-refractivity contribution in [2.45, 2.75) is 44.2 Å². The van der Waals surface area contributed by atoms with Crippen molar-refractivity contribution < 1.29 is 9.59 Å². The first-order valence-electron chi connectivity index (χ1n) is 13.1. The quantitative estimate of drug-likeness (QED) is 0.326. The van der Waals surface area contributed by atoms with E-state index in [1.807, 2.05) is 61.6 Å². The van der Waals surface area contributed by atoms with E-state index in [4.69, 9.17) is 23.2 Å². The summed E-state index contributed by atoms with van der Waals surface area (Å²) in [6.45, 7) is 3.88. The van der Waals surface area contributed by atoms with Crippen LogP contribution in [0.25, 0.3) is 0 Å². The number of rotatable bonds is 9. The molecule has 3 aromatic rings. The minimum Gasteiger partial charge on any atom is -0.353 e. The second kappa shape index (κ2) is 13.3. The topological polar surface area (TPSA) is 52.7 Å². The van der Waals surface area contributed by atoms with Gasteiger partial charge in [0.05, 0.1) is 10.0 Å². The van der Waals surface area contributed by atoms with Gasteiger partial charge in [-0.1, -0.05) is 77.8 Å². The van der Waals surface area contributed by atoms with Gasteiger partial charge in [0.25, 0.3) is 5.91 Å². The molecule has 1 heterocycles. The van der Waals surface area contributed by atoms with Crippen LogP contribution in [0.1, 0.15) is 59.6 Å². The van der Waals surface area contributed by atoms with Crippen LogP contribution in [0, 0.1) is 0 Å². The Labute approximate surface area is 235 Å². The van der Waals surface area contributed by atoms with E-state index >= 15 is 0 Å². The molecule has 0 radical (unpaired) electrons. The molecule has 7 heteroatoms. The van der Waals surface area contributed by atoms with Gasteiger partial charge in [0.1, 0.15) is 0 Å². The van der Waals surface area contributed by atoms with Crippen LogP contribution in [-0.2, 0) is 4.79 Å². The summed E-state index contributed by atoms with van der Waals surface area (Å²) in [5.74, 6) is 0.0851. The smallest absolute Gasteiger partial charge is 0.253 e. The van der Waals surface area contributed by atoms with Gasteiger partial charge >= 0.3 is 0 Å². The fraction of sp³-hybridized carbons (Fsp3) is 0.355. The van der Waals surface area contributed by atoms with E-state index in [2.05, 4.69) is 34.5 Å². The number of piperidine rings is 1. The van der Waals surface area contributed by atoms with Crippen molar-refractivity contribution in [1.82, 2.24) is 15.1 Å². The molecule has 1 saturated heterocycles. The summed E-state index contributed by atoms with van der Waals surface area (Å²) in [4.78, 5) is 29.2. The first kappa shape index (κ1) is 28.2. The normalized spacial score (nSPS) is 18.5. The predicted molar refractivity (Wildman–Crippen MR) is 155 cm³/mol. The van der Waals surface area contributed by atoms with Crippen LogP contribution in [0.15, 0.2) is 78.9 Å². The lowest BCUT2D eigenvalue weighted by Crippen LogP contribution is -2.46. The molecule has 0 bridgehead atoms. The van der Waals surface area contributed by atoms with Crippen molar-refractivity contribution in [3.8, 4) is 0 Å². The summed E-state index contributed by atoms with van der Waals surface area (Å²) in [6, 6.07) is 26.0. The van der Waals surface area contributed by atoms with E-state index in [1.54, 1.807) is 11.8 Å². The van der Waals surface area contributed by atoms with Crippen LogP contribution < -0.4 is 5.32 Å². The highest BCUT2D eigenvalue weighted by atomic mass is 35.5. The number of halogens is 2. The van der Waals surface area contributed by atoms with Gasteiger partial charge < -0.3 is 10.2 Å². The molecule has 5 nitrogen and oxygen atoms in total. The lowest BCUT2D eigenvalue weighted by Gasteiger charge is -2.40. The number of likely N-dealkylation sites (tertiary alicyclic amines) is 1. The van der Waals surface area contributed by atoms with E-state index in [1.165, 1.54) is 5.56 Å². The summed E-state index contributed by atoms with van der Waals surface area (Å²) in [5.41, 5.74) is 2.99. The Kier molecular flexibility index (Phi) is 9.84. The molecule has 200 valence electrons. The lowest BCUT2D eigenvalue weighted by atomic mass is 9.89. The molecule has 0 aromatic heterocycles. The summed E-state index contributed by atoms with van der Waals surface area (Å²) in [7, 11) is 1.85. The van der Waals surface area contributed by atoms with Gasteiger partial charge in [0.15, 0.2) is 0 Å². The van der Waals surface area contributed by atoms with Crippen molar-refractivity contribution in [3.63, 3.8) is 0 Å². The predicted octanol–water partition coefficient (Wildman–Crippen LogP) is 6.58. The van der Waals surface area contributed by atoms with Crippen molar-refractivity contribution >= 4 is 35.0 Å². The number of likely N-dealkylation sites (N-methyl/N-ethyl adjacent to an activating group) is 1. The maximum Gasteiger partial charge on any atom is 0.253 e. The molecule has 3 atom stereocenters. The van der Waals surface area contributed by atoms with E-state index in [0.29, 0.717) is 22.2 Å². The number of nitrogens with zero attached hydrogens (tertiary/aromatic N) is 2. The van der Waals surface area contributed by atoms with Crippen LogP contribution in [0.4, 0.5) is 0 Å². The van der Waals surface area contributed by atoms with Gasteiger partial charge in [0.2, 0.25) is 5.91 Å². The highest BCUT2D eigenvalue weighted by Crippen LogP contribution is 2.34. The van der Waals surface area contributed by atoms with E-state index < -0.39 is 0 Å². The number of benzene rings is 3. The van der Waals surface area contributed by atoms with Gasteiger partial charge in [-0.15, -0.1) is 0 Å². The molecule has 2 amide bonds. The second-order valence-electron chi connectivity index (χ2n) is 10.1. The average Bonchev–Trinajstić information content (AvgIpc) is 2.93. The maximum atomic E-state index is 13.1. The van der Waals surface area contributed by atoms with E-state index in [0.717, 1.165) is 37.9 Å². The molecule has 1 N–H and O–H groups in total. The van der Waals surface area contributed by atoms with Crippen LogP contribution in [0.5, 0.6) is 0 Å².